The Morgan fingerprint density at radius 3 is 2.67 bits per heavy atom. The summed E-state index contributed by atoms with van der Waals surface area (Å²) in [5.41, 5.74) is 3.46. The molecule has 1 fully saturated rings. The molecule has 0 spiro atoms. The molecule has 9 nitrogen and oxygen atoms in total. The summed E-state index contributed by atoms with van der Waals surface area (Å²) >= 11 is 0. The van der Waals surface area contributed by atoms with E-state index in [-0.39, 0.29) is 23.4 Å². The molecule has 0 bridgehead atoms. The first-order chi connectivity index (χ1) is 18.6. The van der Waals surface area contributed by atoms with Gasteiger partial charge in [0.05, 0.1) is 23.2 Å². The van der Waals surface area contributed by atoms with Gasteiger partial charge in [0, 0.05) is 55.9 Å². The van der Waals surface area contributed by atoms with Crippen molar-refractivity contribution in [3.8, 4) is 11.1 Å². The topological polar surface area (TPSA) is 114 Å². The van der Waals surface area contributed by atoms with E-state index in [0.29, 0.717) is 36.6 Å². The van der Waals surface area contributed by atoms with Crippen molar-refractivity contribution in [3.63, 3.8) is 0 Å². The number of nitrogens with one attached hydrogen (secondary N) is 3. The van der Waals surface area contributed by atoms with E-state index in [0.717, 1.165) is 22.0 Å². The second kappa shape index (κ2) is 10.9. The van der Waals surface area contributed by atoms with Crippen molar-refractivity contribution >= 4 is 32.6 Å². The molecular weight excluding hydrogens is 524 g/mol. The lowest BCUT2D eigenvalue weighted by molar-refractivity contribution is 0.254. The van der Waals surface area contributed by atoms with Crippen LogP contribution in [0.1, 0.15) is 37.3 Å². The molecule has 1 saturated heterocycles. The molecule has 3 N–H and O–H groups in total. The SMILES string of the molecule is CC(C)c1cc(-c2ccc(NS(=O)(=O)Cc3cnn(C)c3)c(F)c2)cc2cnc(N[C@@H]3CNC[C@@H](F)C3)nc12. The van der Waals surface area contributed by atoms with E-state index in [4.69, 9.17) is 4.98 Å². The van der Waals surface area contributed by atoms with Gasteiger partial charge in [-0.3, -0.25) is 9.40 Å². The van der Waals surface area contributed by atoms with E-state index in [2.05, 4.69) is 25.4 Å². The molecule has 0 unspecified atom stereocenters. The Balaban J connectivity index is 1.40. The maximum Gasteiger partial charge on any atom is 0.237 e. The van der Waals surface area contributed by atoms with Gasteiger partial charge in [0.2, 0.25) is 16.0 Å². The van der Waals surface area contributed by atoms with Gasteiger partial charge in [-0.05, 0) is 46.9 Å². The summed E-state index contributed by atoms with van der Waals surface area (Å²) < 4.78 is 57.8. The van der Waals surface area contributed by atoms with Crippen LogP contribution in [0, 0.1) is 5.82 Å². The molecule has 2 atom stereocenters. The molecule has 0 aliphatic carbocycles. The Morgan fingerprint density at radius 2 is 1.97 bits per heavy atom. The monoisotopic (exact) mass is 555 g/mol. The fraction of sp³-hybridized carbons (Fsp3) is 0.370. The van der Waals surface area contributed by atoms with Gasteiger partial charge in [-0.15, -0.1) is 0 Å². The molecule has 1 aliphatic rings. The van der Waals surface area contributed by atoms with Crippen molar-refractivity contribution in [3.05, 3.63) is 65.9 Å². The zero-order valence-corrected chi connectivity index (χ0v) is 22.8. The van der Waals surface area contributed by atoms with Gasteiger partial charge in [-0.2, -0.15) is 5.10 Å². The average Bonchev–Trinajstić information content (AvgIpc) is 3.28. The van der Waals surface area contributed by atoms with Crippen molar-refractivity contribution in [2.24, 2.45) is 7.05 Å². The molecule has 5 rings (SSSR count). The van der Waals surface area contributed by atoms with E-state index in [1.54, 1.807) is 25.5 Å². The van der Waals surface area contributed by atoms with Crippen molar-refractivity contribution in [2.45, 2.75) is 44.2 Å². The predicted octanol–water partition coefficient (Wildman–Crippen LogP) is 4.35. The van der Waals surface area contributed by atoms with Crippen LogP contribution >= 0.6 is 0 Å². The van der Waals surface area contributed by atoms with E-state index >= 15 is 4.39 Å². The zero-order chi connectivity index (χ0) is 27.7. The zero-order valence-electron chi connectivity index (χ0n) is 21.9. The maximum atomic E-state index is 15.1. The second-order valence-corrected chi connectivity index (χ2v) is 12.0. The molecule has 39 heavy (non-hydrogen) atoms. The number of anilines is 2. The summed E-state index contributed by atoms with van der Waals surface area (Å²) in [6.07, 6.45) is 4.25. The largest absolute Gasteiger partial charge is 0.350 e. The number of aryl methyl sites for hydroxylation is 1. The van der Waals surface area contributed by atoms with Crippen LogP contribution in [0.3, 0.4) is 0 Å². The van der Waals surface area contributed by atoms with Crippen LogP contribution in [0.25, 0.3) is 22.0 Å². The number of alkyl halides is 1. The fourth-order valence-electron chi connectivity index (χ4n) is 4.78. The summed E-state index contributed by atoms with van der Waals surface area (Å²) in [6, 6.07) is 8.15. The first kappa shape index (κ1) is 26.9. The van der Waals surface area contributed by atoms with Gasteiger partial charge in [0.1, 0.15) is 12.0 Å². The van der Waals surface area contributed by atoms with E-state index in [1.807, 2.05) is 26.0 Å². The van der Waals surface area contributed by atoms with E-state index < -0.39 is 22.0 Å². The highest BCUT2D eigenvalue weighted by molar-refractivity contribution is 7.91. The molecule has 0 amide bonds. The summed E-state index contributed by atoms with van der Waals surface area (Å²) in [7, 11) is -2.14. The average molecular weight is 556 g/mol. The number of hydrogen-bond donors (Lipinski definition) is 3. The van der Waals surface area contributed by atoms with E-state index in [9.17, 15) is 12.8 Å². The molecular formula is C27H31F2N7O2S. The number of sulfonamides is 1. The van der Waals surface area contributed by atoms with Crippen LogP contribution in [0.5, 0.6) is 0 Å². The number of halogens is 2. The molecule has 4 aromatic rings. The molecule has 12 heteroatoms. The van der Waals surface area contributed by atoms with Crippen molar-refractivity contribution < 1.29 is 17.2 Å². The molecule has 2 aromatic heterocycles. The van der Waals surface area contributed by atoms with Gasteiger partial charge < -0.3 is 10.6 Å². The highest BCUT2D eigenvalue weighted by Crippen LogP contribution is 2.33. The van der Waals surface area contributed by atoms with Crippen molar-refractivity contribution in [1.29, 1.82) is 0 Å². The minimum absolute atomic E-state index is 0.101. The highest BCUT2D eigenvalue weighted by Gasteiger charge is 2.22. The standard InChI is InChI=1S/C27H31F2N7O2S/c1-16(2)23-7-19(6-20-11-31-27(34-26(20)23)33-22-9-21(28)12-30-13-22)18-4-5-25(24(29)8-18)35-39(37,38)15-17-10-32-36(3)14-17/h4-8,10-11,14,16,21-22,30,35H,9,12-13,15H2,1-3H3,(H,31,33,34)/t21-,22-/m0/s1. The van der Waals surface area contributed by atoms with Crippen LogP contribution in [-0.2, 0) is 22.8 Å². The number of rotatable bonds is 8. The minimum atomic E-state index is -3.83. The lowest BCUT2D eigenvalue weighted by atomic mass is 9.94. The third kappa shape index (κ3) is 6.34. The number of hydrogen-bond acceptors (Lipinski definition) is 7. The summed E-state index contributed by atoms with van der Waals surface area (Å²) in [6.45, 7) is 5.09. The Hall–Kier alpha value is -3.64. The highest BCUT2D eigenvalue weighted by atomic mass is 32.2. The number of aromatic nitrogens is 4. The second-order valence-electron chi connectivity index (χ2n) is 10.3. The quantitative estimate of drug-likeness (QED) is 0.296. The van der Waals surface area contributed by atoms with Crippen LogP contribution in [-0.4, -0.2) is 53.5 Å². The number of piperidine rings is 1. The smallest absolute Gasteiger partial charge is 0.237 e. The maximum absolute atomic E-state index is 15.1. The van der Waals surface area contributed by atoms with Crippen LogP contribution in [0.2, 0.25) is 0 Å². The molecule has 3 heterocycles. The van der Waals surface area contributed by atoms with Crippen LogP contribution < -0.4 is 15.4 Å². The van der Waals surface area contributed by atoms with Crippen LogP contribution in [0.15, 0.2) is 48.9 Å². The molecule has 0 radical (unpaired) electrons. The number of fused-ring (bicyclic) bond motifs is 1. The van der Waals surface area contributed by atoms with Crippen molar-refractivity contribution in [1.82, 2.24) is 25.1 Å². The number of nitrogens with zero attached hydrogens (tertiary/aromatic N) is 4. The third-order valence-electron chi connectivity index (χ3n) is 6.65. The summed E-state index contributed by atoms with van der Waals surface area (Å²) in [5.74, 6) is -0.443. The molecule has 206 valence electrons. The van der Waals surface area contributed by atoms with Crippen molar-refractivity contribution in [2.75, 3.05) is 23.1 Å². The first-order valence-corrected chi connectivity index (χ1v) is 14.4. The Bertz CT molecular complexity index is 1610. The first-order valence-electron chi connectivity index (χ1n) is 12.8. The minimum Gasteiger partial charge on any atom is -0.350 e. The Kier molecular flexibility index (Phi) is 7.50. The predicted molar refractivity (Wildman–Crippen MR) is 148 cm³/mol. The number of benzene rings is 2. The molecule has 0 saturated carbocycles. The third-order valence-corrected chi connectivity index (χ3v) is 7.89. The molecule has 1 aliphatic heterocycles. The van der Waals surface area contributed by atoms with Crippen LogP contribution in [0.4, 0.5) is 20.4 Å². The molecule has 2 aromatic carbocycles. The van der Waals surface area contributed by atoms with Gasteiger partial charge in [-0.1, -0.05) is 19.9 Å². The lowest BCUT2D eigenvalue weighted by Crippen LogP contribution is -2.44. The van der Waals surface area contributed by atoms with Gasteiger partial charge in [0.25, 0.3) is 0 Å². The summed E-state index contributed by atoms with van der Waals surface area (Å²) in [4.78, 5) is 9.17. The van der Waals surface area contributed by atoms with Gasteiger partial charge >= 0.3 is 0 Å². The normalized spacial score (nSPS) is 18.0. The van der Waals surface area contributed by atoms with Gasteiger partial charge in [-0.25, -0.2) is 27.2 Å². The van der Waals surface area contributed by atoms with E-state index in [1.165, 1.54) is 23.0 Å². The summed E-state index contributed by atoms with van der Waals surface area (Å²) in [5, 5.41) is 11.0. The fourth-order valence-corrected chi connectivity index (χ4v) is 5.94. The van der Waals surface area contributed by atoms with Gasteiger partial charge in [0.15, 0.2) is 0 Å². The Labute approximate surface area is 226 Å². The Morgan fingerprint density at radius 1 is 1.15 bits per heavy atom. The lowest BCUT2D eigenvalue weighted by Gasteiger charge is -2.26.